The number of fused-ring (bicyclic) bond motifs is 4. The van der Waals surface area contributed by atoms with E-state index in [1.54, 1.807) is 26.8 Å². The third kappa shape index (κ3) is 10.7. The van der Waals surface area contributed by atoms with E-state index in [1.807, 2.05) is 13.8 Å². The molecule has 0 aromatic carbocycles. The lowest BCUT2D eigenvalue weighted by Crippen LogP contribution is -2.77. The lowest BCUT2D eigenvalue weighted by Gasteiger charge is -2.75. The molecule has 5 saturated heterocycles. The van der Waals surface area contributed by atoms with Crippen molar-refractivity contribution in [1.82, 2.24) is 0 Å². The number of rotatable bonds is 15. The predicted molar refractivity (Wildman–Crippen MR) is 302 cm³/mol. The summed E-state index contributed by atoms with van der Waals surface area (Å²) in [6, 6.07) is 0. The third-order valence-electron chi connectivity index (χ3n) is 24.3. The summed E-state index contributed by atoms with van der Waals surface area (Å²) >= 11 is 0. The van der Waals surface area contributed by atoms with Gasteiger partial charge < -0.3 is 124 Å². The monoisotopic (exact) mass is 1280 g/mol. The van der Waals surface area contributed by atoms with Gasteiger partial charge >= 0.3 is 11.9 Å². The number of carbonyl (C=O) groups is 2. The minimum atomic E-state index is -2.02. The van der Waals surface area contributed by atoms with Crippen molar-refractivity contribution >= 4 is 11.9 Å². The van der Waals surface area contributed by atoms with E-state index < -0.39 is 229 Å². The predicted octanol–water partition coefficient (Wildman–Crippen LogP) is -1.59. The van der Waals surface area contributed by atoms with Crippen molar-refractivity contribution in [2.24, 2.45) is 50.2 Å². The highest BCUT2D eigenvalue weighted by molar-refractivity contribution is 5.87. The first-order chi connectivity index (χ1) is 41.6. The molecule has 10 aliphatic rings. The Morgan fingerprint density at radius 3 is 1.70 bits per heavy atom. The van der Waals surface area contributed by atoms with Gasteiger partial charge in [0.1, 0.15) is 97.7 Å². The Balaban J connectivity index is 0.963. The van der Waals surface area contributed by atoms with Crippen LogP contribution in [0.4, 0.5) is 0 Å². The van der Waals surface area contributed by atoms with Gasteiger partial charge in [-0.2, -0.15) is 0 Å². The summed E-state index contributed by atoms with van der Waals surface area (Å²) in [6.45, 7) is 18.6. The number of ether oxygens (including phenoxy) is 11. The number of aliphatic hydroxyl groups excluding tert-OH is 14. The molecule has 510 valence electrons. The molecular formula is C62H100O27. The fourth-order valence-corrected chi connectivity index (χ4v) is 19.1. The van der Waals surface area contributed by atoms with Gasteiger partial charge in [0.2, 0.25) is 0 Å². The summed E-state index contributed by atoms with van der Waals surface area (Å²) in [5.74, 6) is -1.82. The highest BCUT2D eigenvalue weighted by Crippen LogP contribution is 2.82. The second-order valence-corrected chi connectivity index (χ2v) is 29.4. The van der Waals surface area contributed by atoms with E-state index in [9.17, 15) is 81.1 Å². The van der Waals surface area contributed by atoms with E-state index in [2.05, 4.69) is 34.6 Å². The van der Waals surface area contributed by atoms with Crippen molar-refractivity contribution in [3.63, 3.8) is 0 Å². The largest absolute Gasteiger partial charge is 0.457 e. The van der Waals surface area contributed by atoms with E-state index in [1.165, 1.54) is 6.92 Å². The van der Waals surface area contributed by atoms with Crippen LogP contribution in [0, 0.1) is 50.2 Å². The molecule has 10 fully saturated rings. The average Bonchev–Trinajstić information content (AvgIpc) is 1.59. The van der Waals surface area contributed by atoms with Crippen LogP contribution >= 0.6 is 0 Å². The van der Waals surface area contributed by atoms with Crippen molar-refractivity contribution in [1.29, 1.82) is 0 Å². The normalized spacial score (nSPS) is 53.6. The third-order valence-corrected chi connectivity index (χ3v) is 24.3. The Labute approximate surface area is 518 Å². The maximum Gasteiger partial charge on any atom is 0.333 e. The summed E-state index contributed by atoms with van der Waals surface area (Å²) in [5.41, 5.74) is -5.57. The van der Waals surface area contributed by atoms with Crippen molar-refractivity contribution in [2.45, 2.75) is 293 Å². The van der Waals surface area contributed by atoms with Gasteiger partial charge in [-0.05, 0) is 100 Å². The van der Waals surface area contributed by atoms with Crippen LogP contribution in [-0.4, -0.2) is 262 Å². The molecule has 27 nitrogen and oxygen atoms in total. The molecule has 1 spiro atoms. The summed E-state index contributed by atoms with van der Waals surface area (Å²) in [6.07, 6.45) is -35.9. The summed E-state index contributed by atoms with van der Waals surface area (Å²) in [5, 5.41) is 157. The molecule has 5 aliphatic heterocycles. The van der Waals surface area contributed by atoms with E-state index in [-0.39, 0.29) is 24.7 Å². The summed E-state index contributed by atoms with van der Waals surface area (Å²) < 4.78 is 69.7. The zero-order chi connectivity index (χ0) is 65.4. The zero-order valence-electron chi connectivity index (χ0n) is 52.8. The maximum absolute atomic E-state index is 13.6. The van der Waals surface area contributed by atoms with Crippen LogP contribution in [0.15, 0.2) is 11.6 Å². The number of esters is 2. The van der Waals surface area contributed by atoms with Crippen molar-refractivity contribution in [3.05, 3.63) is 11.6 Å². The smallest absolute Gasteiger partial charge is 0.333 e. The molecule has 2 bridgehead atoms. The molecule has 0 radical (unpaired) electrons. The maximum atomic E-state index is 13.6. The van der Waals surface area contributed by atoms with Crippen LogP contribution in [0.3, 0.4) is 0 Å². The standard InChI is InChI=1S/C62H100O27/c1-12-25(3)50(77)88-48-49(84-35(67)13-2)62-32(20-56(48,5)6)61(89-55(62)78)19-15-31-58(9)17-16-34(57(7,8)30(58)14-18-59(31,10)60(61,11)21-33(62)66)83-54-47(87-52-44(76)41(73)37(69)27(22-63)80-52)45(39(71)29(24-65)82-54)85-53-46(42(74)38(70)28(23-64)81-53)86-51-43(75)40(72)36(68)26(4)79-51/h12,26-34,36-49,51-55,63-66,68-76,78H,13-24H2,1-11H3. The van der Waals surface area contributed by atoms with Crippen LogP contribution in [0.2, 0.25) is 0 Å². The highest BCUT2D eigenvalue weighted by Gasteiger charge is 2.86. The molecule has 14 N–H and O–H groups in total. The van der Waals surface area contributed by atoms with Crippen molar-refractivity contribution in [3.8, 4) is 0 Å². The fourth-order valence-electron chi connectivity index (χ4n) is 19.1. The Hall–Kier alpha value is -2.24. The highest BCUT2D eigenvalue weighted by atomic mass is 16.8. The van der Waals surface area contributed by atoms with Crippen LogP contribution < -0.4 is 0 Å². The van der Waals surface area contributed by atoms with Crippen molar-refractivity contribution < 1.29 is 133 Å². The van der Waals surface area contributed by atoms with E-state index >= 15 is 0 Å². The SMILES string of the molecule is CC=C(C)C(=O)OC1C(OC(=O)CC)C23C(O)CC4(C)C5(C)CCC6C(C)(C)C(OC7OC(CO)C(O)C(OC8OC(CO)C(O)C(O)C8OC8OC(C)C(O)C(O)C8O)C7OC7OC(CO)C(O)C(O)C7O)CCC6(C)C5CCC4(OC2O)C3CC1(C)C. The van der Waals surface area contributed by atoms with Crippen molar-refractivity contribution in [2.75, 3.05) is 19.8 Å². The molecular weight excluding hydrogens is 1180 g/mol. The quantitative estimate of drug-likeness (QED) is 0.0500. The number of carbonyl (C=O) groups excluding carboxylic acids is 2. The van der Waals surface area contributed by atoms with Gasteiger partial charge in [0.15, 0.2) is 37.6 Å². The molecule has 0 aromatic rings. The molecule has 5 aliphatic carbocycles. The van der Waals surface area contributed by atoms with E-state index in [0.717, 1.165) is 0 Å². The second kappa shape index (κ2) is 25.1. The second-order valence-electron chi connectivity index (χ2n) is 29.4. The Morgan fingerprint density at radius 1 is 0.551 bits per heavy atom. The Bertz CT molecular complexity index is 2560. The molecule has 10 rings (SSSR count). The van der Waals surface area contributed by atoms with Crippen LogP contribution in [-0.2, 0) is 61.7 Å². The minimum Gasteiger partial charge on any atom is -0.457 e. The number of allylic oxidation sites excluding steroid dienone is 1. The van der Waals surface area contributed by atoms with Gasteiger partial charge in [0, 0.05) is 28.7 Å². The number of hydrogen-bond donors (Lipinski definition) is 14. The molecule has 0 amide bonds. The van der Waals surface area contributed by atoms with Gasteiger partial charge in [0.05, 0.1) is 49.1 Å². The number of aliphatic hydroxyl groups is 14. The van der Waals surface area contributed by atoms with Gasteiger partial charge in [-0.3, -0.25) is 4.79 Å². The summed E-state index contributed by atoms with van der Waals surface area (Å²) in [4.78, 5) is 27.1. The van der Waals surface area contributed by atoms with Crippen LogP contribution in [0.1, 0.15) is 134 Å². The number of hydrogen-bond acceptors (Lipinski definition) is 27. The molecule has 27 heteroatoms. The molecule has 89 heavy (non-hydrogen) atoms. The van der Waals surface area contributed by atoms with Gasteiger partial charge in [-0.25, -0.2) is 4.79 Å². The molecule has 0 aromatic heterocycles. The topological polar surface area (TPSA) is 419 Å². The van der Waals surface area contributed by atoms with Gasteiger partial charge in [-0.1, -0.05) is 61.5 Å². The van der Waals surface area contributed by atoms with E-state index in [0.29, 0.717) is 50.5 Å². The minimum absolute atomic E-state index is 0.00296. The van der Waals surface area contributed by atoms with E-state index in [4.69, 9.17) is 52.1 Å². The van der Waals surface area contributed by atoms with Gasteiger partial charge in [-0.15, -0.1) is 0 Å². The average molecular weight is 1280 g/mol. The first kappa shape index (κ1) is 69.6. The molecule has 33 atom stereocenters. The van der Waals surface area contributed by atoms with Crippen LogP contribution in [0.5, 0.6) is 0 Å². The van der Waals surface area contributed by atoms with Gasteiger partial charge in [0.25, 0.3) is 0 Å². The molecule has 33 unspecified atom stereocenters. The first-order valence-corrected chi connectivity index (χ1v) is 31.9. The molecule has 5 heterocycles. The fraction of sp³-hybridized carbons (Fsp3) is 0.935. The Kier molecular flexibility index (Phi) is 19.6. The lowest BCUT2D eigenvalue weighted by molar-refractivity contribution is -0.409. The molecule has 5 saturated carbocycles. The lowest BCUT2D eigenvalue weighted by atomic mass is 9.30. The van der Waals surface area contributed by atoms with Crippen LogP contribution in [0.25, 0.3) is 0 Å². The first-order valence-electron chi connectivity index (χ1n) is 31.9. The summed E-state index contributed by atoms with van der Waals surface area (Å²) in [7, 11) is 0. The Morgan fingerprint density at radius 2 is 1.09 bits per heavy atom. The zero-order valence-corrected chi connectivity index (χ0v) is 52.8.